The van der Waals surface area contributed by atoms with Crippen LogP contribution in [0.15, 0.2) is 24.3 Å². The van der Waals surface area contributed by atoms with E-state index < -0.39 is 17.9 Å². The fraction of sp³-hybridized carbons (Fsp3) is 0.286. The van der Waals surface area contributed by atoms with E-state index in [-0.39, 0.29) is 12.8 Å². The van der Waals surface area contributed by atoms with Gasteiger partial charge in [-0.15, -0.1) is 0 Å². The SMILES string of the molecule is COC(=O)CC(=O)C[C@@H](O)/C=C/c1ccc(Cl)cc1Cl. The molecule has 0 unspecified atom stereocenters. The predicted molar refractivity (Wildman–Crippen MR) is 77.8 cm³/mol. The van der Waals surface area contributed by atoms with Gasteiger partial charge in [0.15, 0.2) is 0 Å². The van der Waals surface area contributed by atoms with Gasteiger partial charge in [-0.25, -0.2) is 0 Å². The minimum absolute atomic E-state index is 0.156. The van der Waals surface area contributed by atoms with Gasteiger partial charge < -0.3 is 9.84 Å². The van der Waals surface area contributed by atoms with E-state index in [4.69, 9.17) is 23.2 Å². The van der Waals surface area contributed by atoms with Crippen molar-refractivity contribution in [3.63, 3.8) is 0 Å². The van der Waals surface area contributed by atoms with E-state index in [0.29, 0.717) is 15.6 Å². The number of benzene rings is 1. The highest BCUT2D eigenvalue weighted by atomic mass is 35.5. The molecular formula is C14H14Cl2O4. The molecule has 0 aliphatic heterocycles. The maximum absolute atomic E-state index is 11.4. The van der Waals surface area contributed by atoms with Gasteiger partial charge in [-0.05, 0) is 17.7 Å². The molecule has 1 aromatic carbocycles. The molecule has 0 aliphatic carbocycles. The standard InChI is InChI=1S/C14H14Cl2O4/c1-20-14(19)8-12(18)7-11(17)5-3-9-2-4-10(15)6-13(9)16/h2-6,11,17H,7-8H2,1H3/b5-3+/t11-/m0/s1. The second kappa shape index (κ2) is 8.04. The Morgan fingerprint density at radius 3 is 2.70 bits per heavy atom. The third-order valence-corrected chi connectivity index (χ3v) is 3.03. The van der Waals surface area contributed by atoms with E-state index in [9.17, 15) is 14.7 Å². The smallest absolute Gasteiger partial charge is 0.313 e. The number of ketones is 1. The van der Waals surface area contributed by atoms with Crippen LogP contribution in [0.2, 0.25) is 10.0 Å². The molecule has 0 aliphatic rings. The Labute approximate surface area is 126 Å². The molecule has 1 rings (SSSR count). The fourth-order valence-corrected chi connectivity index (χ4v) is 1.93. The van der Waals surface area contributed by atoms with Crippen molar-refractivity contribution in [2.75, 3.05) is 7.11 Å². The van der Waals surface area contributed by atoms with E-state index in [1.54, 1.807) is 24.3 Å². The average molecular weight is 317 g/mol. The maximum Gasteiger partial charge on any atom is 0.313 e. The number of Topliss-reactive ketones (excluding diaryl/α,β-unsaturated/α-hetero) is 1. The highest BCUT2D eigenvalue weighted by Crippen LogP contribution is 2.22. The largest absolute Gasteiger partial charge is 0.469 e. The molecule has 0 bridgehead atoms. The van der Waals surface area contributed by atoms with Gasteiger partial charge >= 0.3 is 5.97 Å². The van der Waals surface area contributed by atoms with Gasteiger partial charge in [0, 0.05) is 16.5 Å². The Morgan fingerprint density at radius 1 is 1.40 bits per heavy atom. The van der Waals surface area contributed by atoms with E-state index in [0.717, 1.165) is 0 Å². The first-order chi connectivity index (χ1) is 9.42. The lowest BCUT2D eigenvalue weighted by Crippen LogP contribution is -2.15. The Kier molecular flexibility index (Phi) is 6.71. The molecule has 20 heavy (non-hydrogen) atoms. The molecule has 0 radical (unpaired) electrons. The zero-order valence-electron chi connectivity index (χ0n) is 10.8. The van der Waals surface area contributed by atoms with Gasteiger partial charge in [-0.2, -0.15) is 0 Å². The van der Waals surface area contributed by atoms with Crippen molar-refractivity contribution in [1.29, 1.82) is 0 Å². The number of ether oxygens (including phenoxy) is 1. The number of carbonyl (C=O) groups excluding carboxylic acids is 2. The van der Waals surface area contributed by atoms with Crippen molar-refractivity contribution >= 4 is 41.0 Å². The van der Waals surface area contributed by atoms with E-state index in [1.165, 1.54) is 13.2 Å². The Bertz CT molecular complexity index is 526. The molecule has 0 saturated heterocycles. The second-order valence-corrected chi connectivity index (χ2v) is 4.93. The number of methoxy groups -OCH3 is 1. The van der Waals surface area contributed by atoms with Crippen molar-refractivity contribution in [1.82, 2.24) is 0 Å². The van der Waals surface area contributed by atoms with Crippen molar-refractivity contribution in [3.05, 3.63) is 39.9 Å². The lowest BCUT2D eigenvalue weighted by atomic mass is 10.1. The Balaban J connectivity index is 2.57. The molecule has 0 spiro atoms. The van der Waals surface area contributed by atoms with Crippen LogP contribution >= 0.6 is 23.2 Å². The molecule has 1 N–H and O–H groups in total. The van der Waals surface area contributed by atoms with Crippen LogP contribution in [0.3, 0.4) is 0 Å². The minimum atomic E-state index is -0.987. The molecule has 4 nitrogen and oxygen atoms in total. The van der Waals surface area contributed by atoms with Crippen LogP contribution in [0.4, 0.5) is 0 Å². The molecule has 1 aromatic rings. The molecule has 0 heterocycles. The third-order valence-electron chi connectivity index (χ3n) is 2.47. The molecule has 0 aromatic heterocycles. The highest BCUT2D eigenvalue weighted by Gasteiger charge is 2.13. The summed E-state index contributed by atoms with van der Waals surface area (Å²) in [7, 11) is 1.20. The first-order valence-corrected chi connectivity index (χ1v) is 6.57. The Hall–Kier alpha value is -1.36. The zero-order chi connectivity index (χ0) is 15.1. The average Bonchev–Trinajstić information content (AvgIpc) is 2.37. The first-order valence-electron chi connectivity index (χ1n) is 5.82. The number of hydrogen-bond donors (Lipinski definition) is 1. The molecule has 0 saturated carbocycles. The number of hydrogen-bond acceptors (Lipinski definition) is 4. The fourth-order valence-electron chi connectivity index (χ4n) is 1.46. The summed E-state index contributed by atoms with van der Waals surface area (Å²) < 4.78 is 4.37. The van der Waals surface area contributed by atoms with Gasteiger partial charge in [0.05, 0.1) is 13.2 Å². The monoisotopic (exact) mass is 316 g/mol. The Morgan fingerprint density at radius 2 is 2.10 bits per heavy atom. The number of aliphatic hydroxyl groups excluding tert-OH is 1. The number of aliphatic hydroxyl groups is 1. The van der Waals surface area contributed by atoms with Crippen molar-refractivity contribution < 1.29 is 19.4 Å². The molecule has 1 atom stereocenters. The minimum Gasteiger partial charge on any atom is -0.469 e. The van der Waals surface area contributed by atoms with Crippen LogP contribution in [0, 0.1) is 0 Å². The lowest BCUT2D eigenvalue weighted by molar-refractivity contribution is -0.143. The topological polar surface area (TPSA) is 63.6 Å². The molecular weight excluding hydrogens is 303 g/mol. The van der Waals surface area contributed by atoms with Gasteiger partial charge in [0.2, 0.25) is 0 Å². The van der Waals surface area contributed by atoms with Crippen LogP contribution in [-0.4, -0.2) is 30.1 Å². The summed E-state index contributed by atoms with van der Waals surface area (Å²) in [6, 6.07) is 4.95. The zero-order valence-corrected chi connectivity index (χ0v) is 12.3. The van der Waals surface area contributed by atoms with Crippen LogP contribution in [0.5, 0.6) is 0 Å². The lowest BCUT2D eigenvalue weighted by Gasteiger charge is -2.05. The van der Waals surface area contributed by atoms with E-state index >= 15 is 0 Å². The summed E-state index contributed by atoms with van der Waals surface area (Å²) in [6.07, 6.45) is 1.54. The third kappa shape index (κ3) is 5.74. The quantitative estimate of drug-likeness (QED) is 0.647. The van der Waals surface area contributed by atoms with Crippen LogP contribution in [-0.2, 0) is 14.3 Å². The summed E-state index contributed by atoms with van der Waals surface area (Å²) in [4.78, 5) is 22.3. The molecule has 108 valence electrons. The normalized spacial score (nSPS) is 12.4. The summed E-state index contributed by atoms with van der Waals surface area (Å²) in [5.41, 5.74) is 0.676. The molecule has 6 heteroatoms. The predicted octanol–water partition coefficient (Wildman–Crippen LogP) is 2.89. The van der Waals surface area contributed by atoms with Crippen molar-refractivity contribution in [2.45, 2.75) is 18.9 Å². The molecule has 0 fully saturated rings. The van der Waals surface area contributed by atoms with E-state index in [2.05, 4.69) is 4.74 Å². The summed E-state index contributed by atoms with van der Waals surface area (Å²) >= 11 is 11.7. The van der Waals surface area contributed by atoms with Crippen molar-refractivity contribution in [2.24, 2.45) is 0 Å². The summed E-state index contributed by atoms with van der Waals surface area (Å²) in [5, 5.41) is 10.6. The number of carbonyl (C=O) groups is 2. The second-order valence-electron chi connectivity index (χ2n) is 4.09. The van der Waals surface area contributed by atoms with Gasteiger partial charge in [-0.3, -0.25) is 9.59 Å². The van der Waals surface area contributed by atoms with Gasteiger partial charge in [0.25, 0.3) is 0 Å². The van der Waals surface area contributed by atoms with Crippen LogP contribution in [0.1, 0.15) is 18.4 Å². The van der Waals surface area contributed by atoms with Gasteiger partial charge in [0.1, 0.15) is 12.2 Å². The number of rotatable bonds is 6. The molecule has 0 amide bonds. The first kappa shape index (κ1) is 16.7. The number of halogens is 2. The number of esters is 1. The van der Waals surface area contributed by atoms with Crippen molar-refractivity contribution in [3.8, 4) is 0 Å². The van der Waals surface area contributed by atoms with E-state index in [1.807, 2.05) is 0 Å². The van der Waals surface area contributed by atoms with Gasteiger partial charge in [-0.1, -0.05) is 41.4 Å². The van der Waals surface area contributed by atoms with Crippen LogP contribution in [0.25, 0.3) is 6.08 Å². The maximum atomic E-state index is 11.4. The summed E-state index contributed by atoms with van der Waals surface area (Å²) in [6.45, 7) is 0. The highest BCUT2D eigenvalue weighted by molar-refractivity contribution is 6.35. The summed E-state index contributed by atoms with van der Waals surface area (Å²) in [5.74, 6) is -1.01. The van der Waals surface area contributed by atoms with Crippen LogP contribution < -0.4 is 0 Å².